The van der Waals surface area contributed by atoms with Crippen LogP contribution in [0.25, 0.3) is 5.69 Å². The Hall–Kier alpha value is -4.04. The van der Waals surface area contributed by atoms with E-state index in [0.717, 1.165) is 11.4 Å². The summed E-state index contributed by atoms with van der Waals surface area (Å²) in [4.78, 5) is 38.4. The van der Waals surface area contributed by atoms with Gasteiger partial charge >= 0.3 is 5.97 Å². The number of nitrogens with zero attached hydrogens (tertiary/aromatic N) is 2. The molecule has 0 radical (unpaired) electrons. The number of aryl methyl sites for hydroxylation is 1. The number of hydrogen-bond acceptors (Lipinski definition) is 6. The molecule has 0 aliphatic carbocycles. The molecule has 4 rings (SSSR count). The molecule has 7 nitrogen and oxygen atoms in total. The summed E-state index contributed by atoms with van der Waals surface area (Å²) in [6.45, 7) is 3.15. The number of rotatable bonds is 7. The fourth-order valence-electron chi connectivity index (χ4n) is 3.43. The molecule has 0 aliphatic heterocycles. The van der Waals surface area contributed by atoms with Crippen LogP contribution in [-0.4, -0.2) is 34.0 Å². The van der Waals surface area contributed by atoms with Crippen molar-refractivity contribution in [2.75, 3.05) is 11.9 Å². The van der Waals surface area contributed by atoms with Gasteiger partial charge in [0.05, 0.1) is 33.2 Å². The number of ether oxygens (including phenoxy) is 1. The Morgan fingerprint density at radius 3 is 2.33 bits per heavy atom. The largest absolute Gasteiger partial charge is 0.452 e. The Balaban J connectivity index is 1.44. The number of esters is 1. The molecule has 33 heavy (non-hydrogen) atoms. The first kappa shape index (κ1) is 22.2. The van der Waals surface area contributed by atoms with Crippen molar-refractivity contribution in [2.24, 2.45) is 0 Å². The summed E-state index contributed by atoms with van der Waals surface area (Å²) in [7, 11) is 0. The second-order valence-corrected chi connectivity index (χ2v) is 8.22. The number of benzene rings is 2. The van der Waals surface area contributed by atoms with Crippen molar-refractivity contribution in [3.63, 3.8) is 0 Å². The number of anilines is 1. The number of nitrogens with one attached hydrogen (secondary N) is 1. The van der Waals surface area contributed by atoms with Crippen LogP contribution in [0.5, 0.6) is 0 Å². The molecule has 2 aromatic heterocycles. The van der Waals surface area contributed by atoms with Gasteiger partial charge in [-0.3, -0.25) is 9.59 Å². The van der Waals surface area contributed by atoms with Crippen LogP contribution in [-0.2, 0) is 9.53 Å². The molecule has 8 heteroatoms. The number of ketones is 1. The van der Waals surface area contributed by atoms with E-state index in [9.17, 15) is 14.4 Å². The highest BCUT2D eigenvalue weighted by atomic mass is 32.1. The van der Waals surface area contributed by atoms with Crippen LogP contribution >= 0.6 is 11.3 Å². The lowest BCUT2D eigenvalue weighted by molar-refractivity contribution is -0.119. The van der Waals surface area contributed by atoms with Crippen molar-refractivity contribution in [1.29, 1.82) is 0 Å². The standard InChI is InChI=1S/C25H21N3O4S/c1-16-23(17(2)28(27-16)18-9-4-3-5-10-18)26-22(29)15-32-25(31)20-12-7-6-11-19(20)24(30)21-13-8-14-33-21/h3-14H,15H2,1-2H3,(H,26,29). The number of carbonyl (C=O) groups excluding carboxylic acids is 3. The fourth-order valence-corrected chi connectivity index (χ4v) is 4.11. The third-order valence-corrected chi connectivity index (χ3v) is 5.90. The highest BCUT2D eigenvalue weighted by molar-refractivity contribution is 7.12. The van der Waals surface area contributed by atoms with Crippen molar-refractivity contribution < 1.29 is 19.1 Å². The first-order valence-electron chi connectivity index (χ1n) is 10.2. The summed E-state index contributed by atoms with van der Waals surface area (Å²) in [5, 5.41) is 9.05. The number of carbonyl (C=O) groups is 3. The molecule has 1 amide bonds. The summed E-state index contributed by atoms with van der Waals surface area (Å²) in [6, 6.07) is 19.4. The van der Waals surface area contributed by atoms with Crippen LogP contribution in [0.1, 0.15) is 37.0 Å². The zero-order valence-electron chi connectivity index (χ0n) is 18.1. The van der Waals surface area contributed by atoms with Gasteiger partial charge in [0.2, 0.25) is 5.78 Å². The lowest BCUT2D eigenvalue weighted by Gasteiger charge is -2.10. The Labute approximate surface area is 194 Å². The Bertz CT molecular complexity index is 1310. The highest BCUT2D eigenvalue weighted by Gasteiger charge is 2.21. The van der Waals surface area contributed by atoms with Gasteiger partial charge in [0.15, 0.2) is 6.61 Å². The zero-order valence-corrected chi connectivity index (χ0v) is 18.9. The fraction of sp³-hybridized carbons (Fsp3) is 0.120. The van der Waals surface area contributed by atoms with Crippen molar-refractivity contribution in [1.82, 2.24) is 9.78 Å². The smallest absolute Gasteiger partial charge is 0.339 e. The van der Waals surface area contributed by atoms with Crippen molar-refractivity contribution in [3.8, 4) is 5.69 Å². The molecule has 2 aromatic carbocycles. The molecule has 0 aliphatic rings. The molecular weight excluding hydrogens is 438 g/mol. The van der Waals surface area contributed by atoms with Gasteiger partial charge in [-0.2, -0.15) is 5.10 Å². The Kier molecular flexibility index (Phi) is 6.46. The number of hydrogen-bond donors (Lipinski definition) is 1. The van der Waals surface area contributed by atoms with E-state index in [1.807, 2.05) is 37.3 Å². The Morgan fingerprint density at radius 1 is 0.939 bits per heavy atom. The van der Waals surface area contributed by atoms with Crippen LogP contribution < -0.4 is 5.32 Å². The molecule has 2 heterocycles. The van der Waals surface area contributed by atoms with Crippen LogP contribution in [0.15, 0.2) is 72.1 Å². The second-order valence-electron chi connectivity index (χ2n) is 7.27. The van der Waals surface area contributed by atoms with Crippen molar-refractivity contribution in [2.45, 2.75) is 13.8 Å². The third kappa shape index (κ3) is 4.75. The predicted molar refractivity (Wildman–Crippen MR) is 126 cm³/mol. The van der Waals surface area contributed by atoms with E-state index in [2.05, 4.69) is 10.4 Å². The zero-order chi connectivity index (χ0) is 23.4. The average Bonchev–Trinajstić information content (AvgIpc) is 3.47. The third-order valence-electron chi connectivity index (χ3n) is 5.03. The van der Waals surface area contributed by atoms with Gasteiger partial charge in [-0.05, 0) is 43.5 Å². The van der Waals surface area contributed by atoms with Gasteiger partial charge in [0, 0.05) is 5.56 Å². The predicted octanol–water partition coefficient (Wildman–Crippen LogP) is 4.58. The molecule has 0 spiro atoms. The maximum atomic E-state index is 12.7. The SMILES string of the molecule is Cc1nn(-c2ccccc2)c(C)c1NC(=O)COC(=O)c1ccccc1C(=O)c1cccs1. The van der Waals surface area contributed by atoms with Gasteiger partial charge in [-0.1, -0.05) is 42.5 Å². The maximum absolute atomic E-state index is 12.7. The van der Waals surface area contributed by atoms with E-state index < -0.39 is 18.5 Å². The van der Waals surface area contributed by atoms with Crippen LogP contribution in [0.3, 0.4) is 0 Å². The van der Waals surface area contributed by atoms with Crippen molar-refractivity contribution in [3.05, 3.63) is 99.5 Å². The minimum Gasteiger partial charge on any atom is -0.452 e. The van der Waals surface area contributed by atoms with Gasteiger partial charge in [0.25, 0.3) is 5.91 Å². The lowest BCUT2D eigenvalue weighted by atomic mass is 10.0. The second kappa shape index (κ2) is 9.62. The molecule has 4 aromatic rings. The number of aromatic nitrogens is 2. The molecule has 0 fully saturated rings. The molecular formula is C25H21N3O4S. The normalized spacial score (nSPS) is 10.6. The monoisotopic (exact) mass is 459 g/mol. The maximum Gasteiger partial charge on any atom is 0.339 e. The summed E-state index contributed by atoms with van der Waals surface area (Å²) in [6.07, 6.45) is 0. The molecule has 0 bridgehead atoms. The topological polar surface area (TPSA) is 90.3 Å². The molecule has 0 saturated heterocycles. The van der Waals surface area contributed by atoms with Crippen LogP contribution in [0.4, 0.5) is 5.69 Å². The lowest BCUT2D eigenvalue weighted by Crippen LogP contribution is -2.22. The first-order valence-corrected chi connectivity index (χ1v) is 11.1. The van der Waals surface area contributed by atoms with Gasteiger partial charge in [-0.25, -0.2) is 9.48 Å². The summed E-state index contributed by atoms with van der Waals surface area (Å²) < 4.78 is 6.95. The molecule has 0 unspecified atom stereocenters. The molecule has 0 atom stereocenters. The van der Waals surface area contributed by atoms with Crippen LogP contribution in [0.2, 0.25) is 0 Å². The summed E-state index contributed by atoms with van der Waals surface area (Å²) in [5.41, 5.74) is 3.19. The summed E-state index contributed by atoms with van der Waals surface area (Å²) >= 11 is 1.30. The van der Waals surface area contributed by atoms with Crippen LogP contribution in [0, 0.1) is 13.8 Å². The van der Waals surface area contributed by atoms with E-state index in [-0.39, 0.29) is 16.9 Å². The van der Waals surface area contributed by atoms with Crippen molar-refractivity contribution >= 4 is 34.7 Å². The van der Waals surface area contributed by atoms with Gasteiger partial charge < -0.3 is 10.1 Å². The van der Waals surface area contributed by atoms with E-state index in [1.54, 1.807) is 47.3 Å². The van der Waals surface area contributed by atoms with E-state index in [1.165, 1.54) is 17.4 Å². The summed E-state index contributed by atoms with van der Waals surface area (Å²) in [5.74, 6) is -1.50. The first-order chi connectivity index (χ1) is 16.0. The number of para-hydroxylation sites is 1. The molecule has 0 saturated carbocycles. The van der Waals surface area contributed by atoms with Gasteiger partial charge in [-0.15, -0.1) is 11.3 Å². The molecule has 166 valence electrons. The Morgan fingerprint density at radius 2 is 1.64 bits per heavy atom. The van der Waals surface area contributed by atoms with E-state index in [0.29, 0.717) is 16.3 Å². The average molecular weight is 460 g/mol. The van der Waals surface area contributed by atoms with E-state index in [4.69, 9.17) is 4.74 Å². The quantitative estimate of drug-likeness (QED) is 0.323. The van der Waals surface area contributed by atoms with Gasteiger partial charge in [0.1, 0.15) is 0 Å². The van der Waals surface area contributed by atoms with E-state index >= 15 is 0 Å². The number of thiophene rings is 1. The number of amides is 1. The molecule has 1 N–H and O–H groups in total. The minimum atomic E-state index is -0.737. The minimum absolute atomic E-state index is 0.118. The highest BCUT2D eigenvalue weighted by Crippen LogP contribution is 2.23.